The van der Waals surface area contributed by atoms with E-state index in [2.05, 4.69) is 17.6 Å². The molecular weight excluding hydrogens is 546 g/mol. The number of benzene rings is 3. The van der Waals surface area contributed by atoms with Gasteiger partial charge in [0, 0.05) is 27.6 Å². The van der Waals surface area contributed by atoms with Gasteiger partial charge in [-0.3, -0.25) is 4.79 Å². The van der Waals surface area contributed by atoms with Crippen LogP contribution >= 0.6 is 23.4 Å². The van der Waals surface area contributed by atoms with Gasteiger partial charge >= 0.3 is 0 Å². The van der Waals surface area contributed by atoms with E-state index in [0.717, 1.165) is 23.3 Å². The highest BCUT2D eigenvalue weighted by atomic mass is 35.5. The summed E-state index contributed by atoms with van der Waals surface area (Å²) in [6.45, 7) is 4.26. The Morgan fingerprint density at radius 3 is 2.58 bits per heavy atom. The normalized spacial score (nSPS) is 14.3. The predicted octanol–water partition coefficient (Wildman–Crippen LogP) is 6.95. The minimum absolute atomic E-state index is 0.273. The van der Waals surface area contributed by atoms with Crippen LogP contribution in [0.3, 0.4) is 0 Å². The second-order valence-electron chi connectivity index (χ2n) is 9.15. The number of methoxy groups -OCH3 is 1. The van der Waals surface area contributed by atoms with Gasteiger partial charge in [-0.2, -0.15) is 4.98 Å². The van der Waals surface area contributed by atoms with Crippen LogP contribution in [0, 0.1) is 0 Å². The van der Waals surface area contributed by atoms with E-state index in [9.17, 15) is 4.79 Å². The first-order chi connectivity index (χ1) is 19.5. The van der Waals surface area contributed by atoms with E-state index in [1.165, 1.54) is 0 Å². The molecule has 2 heterocycles. The van der Waals surface area contributed by atoms with Crippen LogP contribution < -0.4 is 20.1 Å². The quantitative estimate of drug-likeness (QED) is 0.198. The fourth-order valence-corrected chi connectivity index (χ4v) is 5.39. The van der Waals surface area contributed by atoms with Gasteiger partial charge in [0.05, 0.1) is 18.4 Å². The number of nitrogens with one attached hydrogen (secondary N) is 2. The van der Waals surface area contributed by atoms with Crippen molar-refractivity contribution >= 4 is 40.9 Å². The minimum Gasteiger partial charge on any atom is -0.495 e. The predicted molar refractivity (Wildman–Crippen MR) is 159 cm³/mol. The molecule has 1 aliphatic rings. The molecule has 3 aromatic carbocycles. The maximum atomic E-state index is 14.0. The Labute approximate surface area is 242 Å². The number of amides is 1. The van der Waals surface area contributed by atoms with Crippen LogP contribution in [0.25, 0.3) is 0 Å². The van der Waals surface area contributed by atoms with E-state index in [-0.39, 0.29) is 12.5 Å². The zero-order chi connectivity index (χ0) is 28.1. The van der Waals surface area contributed by atoms with E-state index in [0.29, 0.717) is 44.6 Å². The van der Waals surface area contributed by atoms with E-state index in [1.807, 2.05) is 67.6 Å². The third-order valence-electron chi connectivity index (χ3n) is 6.42. The zero-order valence-corrected chi connectivity index (χ0v) is 24.1. The Bertz CT molecular complexity index is 1550. The summed E-state index contributed by atoms with van der Waals surface area (Å²) in [5, 5.41) is 12.4. The lowest BCUT2D eigenvalue weighted by Gasteiger charge is -2.30. The highest BCUT2D eigenvalue weighted by Crippen LogP contribution is 2.41. The maximum Gasteiger partial charge on any atom is 0.255 e. The van der Waals surface area contributed by atoms with Gasteiger partial charge in [-0.25, -0.2) is 4.68 Å². The molecule has 0 fully saturated rings. The number of hydrogen-bond acceptors (Lipinski definition) is 7. The number of hydrogen-bond donors (Lipinski definition) is 2. The second-order valence-corrected chi connectivity index (χ2v) is 10.6. The van der Waals surface area contributed by atoms with Crippen molar-refractivity contribution in [1.29, 1.82) is 0 Å². The Morgan fingerprint density at radius 2 is 1.80 bits per heavy atom. The Balaban J connectivity index is 1.56. The minimum atomic E-state index is -0.600. The molecule has 2 N–H and O–H groups in total. The molecule has 1 aliphatic heterocycles. The summed E-state index contributed by atoms with van der Waals surface area (Å²) in [5.41, 5.74) is 3.37. The number of nitrogens with zero attached hydrogens (tertiary/aromatic N) is 3. The molecule has 5 rings (SSSR count). The molecule has 8 nitrogen and oxygen atoms in total. The molecule has 40 heavy (non-hydrogen) atoms. The first-order valence-electron chi connectivity index (χ1n) is 13.0. The number of aromatic nitrogens is 3. The molecule has 0 aliphatic carbocycles. The number of fused-ring (bicyclic) bond motifs is 1. The number of rotatable bonds is 10. The Morgan fingerprint density at radius 1 is 1.07 bits per heavy atom. The Kier molecular flexibility index (Phi) is 8.62. The lowest BCUT2D eigenvalue weighted by atomic mass is 9.94. The number of allylic oxidation sites excluding steroid dienone is 1. The number of ether oxygens (including phenoxy) is 2. The maximum absolute atomic E-state index is 14.0. The van der Waals surface area contributed by atoms with Crippen molar-refractivity contribution in [2.24, 2.45) is 0 Å². The van der Waals surface area contributed by atoms with Crippen molar-refractivity contribution in [2.75, 3.05) is 23.5 Å². The number of halogens is 1. The average Bonchev–Trinajstić information content (AvgIpc) is 3.37. The van der Waals surface area contributed by atoms with Gasteiger partial charge in [0.2, 0.25) is 11.1 Å². The molecule has 0 spiro atoms. The van der Waals surface area contributed by atoms with Gasteiger partial charge in [-0.15, -0.1) is 5.10 Å². The molecule has 4 aromatic rings. The summed E-state index contributed by atoms with van der Waals surface area (Å²) in [7, 11) is 1.57. The van der Waals surface area contributed by atoms with E-state index in [4.69, 9.17) is 31.2 Å². The van der Waals surface area contributed by atoms with Gasteiger partial charge in [0.1, 0.15) is 24.1 Å². The number of carbonyl (C=O) groups is 1. The zero-order valence-electron chi connectivity index (χ0n) is 22.5. The van der Waals surface area contributed by atoms with Crippen molar-refractivity contribution in [2.45, 2.75) is 38.1 Å². The third kappa shape index (κ3) is 5.80. The summed E-state index contributed by atoms with van der Waals surface area (Å²) in [6.07, 6.45) is 0.994. The first kappa shape index (κ1) is 27.6. The van der Waals surface area contributed by atoms with Crippen LogP contribution in [-0.2, 0) is 11.4 Å². The van der Waals surface area contributed by atoms with Gasteiger partial charge in [-0.1, -0.05) is 78.8 Å². The van der Waals surface area contributed by atoms with Crippen molar-refractivity contribution in [3.05, 3.63) is 100 Å². The number of anilines is 2. The molecule has 1 amide bonds. The molecule has 0 saturated heterocycles. The largest absolute Gasteiger partial charge is 0.495 e. The van der Waals surface area contributed by atoms with Gasteiger partial charge in [0.25, 0.3) is 5.91 Å². The third-order valence-corrected chi connectivity index (χ3v) is 7.84. The molecular formula is C30H30ClN5O3S. The molecule has 10 heteroatoms. The van der Waals surface area contributed by atoms with Crippen molar-refractivity contribution < 1.29 is 14.3 Å². The lowest BCUT2D eigenvalue weighted by Crippen LogP contribution is -2.31. The fraction of sp³-hybridized carbons (Fsp3) is 0.233. The fourth-order valence-electron chi connectivity index (χ4n) is 4.51. The smallest absolute Gasteiger partial charge is 0.255 e. The van der Waals surface area contributed by atoms with Crippen LogP contribution in [0.15, 0.2) is 89.2 Å². The monoisotopic (exact) mass is 575 g/mol. The van der Waals surface area contributed by atoms with Crippen molar-refractivity contribution in [3.63, 3.8) is 0 Å². The highest BCUT2D eigenvalue weighted by molar-refractivity contribution is 7.99. The van der Waals surface area contributed by atoms with Gasteiger partial charge in [-0.05, 0) is 37.6 Å². The molecule has 1 atom stereocenters. The SMILES string of the molecule is CCCSc1nc2n(n1)C(c1ccccc1OCc1ccccc1Cl)C(C(=O)Nc1ccccc1OC)=C(C)N2. The summed E-state index contributed by atoms with van der Waals surface area (Å²) < 4.78 is 13.5. The van der Waals surface area contributed by atoms with E-state index >= 15 is 0 Å². The van der Waals surface area contributed by atoms with Crippen LogP contribution in [0.5, 0.6) is 11.5 Å². The number of para-hydroxylation sites is 3. The van der Waals surface area contributed by atoms with E-state index < -0.39 is 6.04 Å². The first-order valence-corrected chi connectivity index (χ1v) is 14.3. The molecule has 0 saturated carbocycles. The Hall–Kier alpha value is -3.95. The summed E-state index contributed by atoms with van der Waals surface area (Å²) in [5.74, 6) is 2.35. The topological polar surface area (TPSA) is 90.3 Å². The van der Waals surface area contributed by atoms with Crippen LogP contribution in [0.2, 0.25) is 5.02 Å². The molecule has 206 valence electrons. The molecule has 1 unspecified atom stereocenters. The second kappa shape index (κ2) is 12.5. The number of carbonyl (C=O) groups excluding carboxylic acids is 1. The van der Waals surface area contributed by atoms with Crippen LogP contribution in [-0.4, -0.2) is 33.5 Å². The number of thioether (sulfide) groups is 1. The molecule has 0 bridgehead atoms. The van der Waals surface area contributed by atoms with E-state index in [1.54, 1.807) is 35.7 Å². The standard InChI is InChI=1S/C30H30ClN5O3S/c1-4-17-40-30-34-29-32-19(2)26(28(37)33-23-14-8-10-16-25(23)38-3)27(36(29)35-30)21-12-6-9-15-24(21)39-18-20-11-5-7-13-22(20)31/h5-16,27H,4,17-18H2,1-3H3,(H,33,37)(H,32,34,35). The van der Waals surface area contributed by atoms with Crippen LogP contribution in [0.4, 0.5) is 11.6 Å². The van der Waals surface area contributed by atoms with Crippen molar-refractivity contribution in [3.8, 4) is 11.5 Å². The molecule has 1 aromatic heterocycles. The van der Waals surface area contributed by atoms with Gasteiger partial charge in [0.15, 0.2) is 0 Å². The summed E-state index contributed by atoms with van der Waals surface area (Å²) in [4.78, 5) is 18.7. The summed E-state index contributed by atoms with van der Waals surface area (Å²) >= 11 is 7.97. The molecule has 0 radical (unpaired) electrons. The van der Waals surface area contributed by atoms with Gasteiger partial charge < -0.3 is 20.1 Å². The van der Waals surface area contributed by atoms with Crippen LogP contribution in [0.1, 0.15) is 37.4 Å². The average molecular weight is 576 g/mol. The van der Waals surface area contributed by atoms with Crippen molar-refractivity contribution in [1.82, 2.24) is 14.8 Å². The summed E-state index contributed by atoms with van der Waals surface area (Å²) in [6, 6.07) is 22.0. The highest BCUT2D eigenvalue weighted by Gasteiger charge is 2.36. The lowest BCUT2D eigenvalue weighted by molar-refractivity contribution is -0.113.